The van der Waals surface area contributed by atoms with Crippen molar-refractivity contribution in [3.05, 3.63) is 39.9 Å². The van der Waals surface area contributed by atoms with Gasteiger partial charge in [0, 0.05) is 32.2 Å². The molecule has 0 N–H and O–H groups in total. The third-order valence-corrected chi connectivity index (χ3v) is 4.58. The van der Waals surface area contributed by atoms with Crippen molar-refractivity contribution in [2.45, 2.75) is 6.92 Å². The third-order valence-electron chi connectivity index (χ3n) is 3.67. The maximum absolute atomic E-state index is 12.2. The fourth-order valence-corrected chi connectivity index (χ4v) is 3.11. The summed E-state index contributed by atoms with van der Waals surface area (Å²) in [6.45, 7) is 4.76. The number of carbonyl (C=O) groups excluding carboxylic acids is 2. The Balaban J connectivity index is 1.52. The van der Waals surface area contributed by atoms with Gasteiger partial charge in [0.2, 0.25) is 0 Å². The monoisotopic (exact) mass is 319 g/mol. The van der Waals surface area contributed by atoms with Crippen LogP contribution in [0.15, 0.2) is 28.1 Å². The molecule has 2 aromatic heterocycles. The number of thiophene rings is 1. The SMILES string of the molecule is Cc1cc(C(=O)N2CCN(CC(=O)c3cccs3)CC2)no1. The molecule has 3 heterocycles. The number of nitrogens with zero attached hydrogens (tertiary/aromatic N) is 3. The molecule has 1 aliphatic heterocycles. The summed E-state index contributed by atoms with van der Waals surface area (Å²) in [4.78, 5) is 29.0. The summed E-state index contributed by atoms with van der Waals surface area (Å²) in [5.41, 5.74) is 0.348. The van der Waals surface area contributed by atoms with Crippen LogP contribution in [-0.4, -0.2) is 59.4 Å². The summed E-state index contributed by atoms with van der Waals surface area (Å²) in [6.07, 6.45) is 0. The second kappa shape index (κ2) is 6.41. The first-order chi connectivity index (χ1) is 10.6. The Bertz CT molecular complexity index is 657. The minimum Gasteiger partial charge on any atom is -0.361 e. The van der Waals surface area contributed by atoms with Crippen LogP contribution in [0.1, 0.15) is 25.9 Å². The summed E-state index contributed by atoms with van der Waals surface area (Å²) in [7, 11) is 0. The fourth-order valence-electron chi connectivity index (χ4n) is 2.46. The first-order valence-corrected chi connectivity index (χ1v) is 8.03. The summed E-state index contributed by atoms with van der Waals surface area (Å²) in [6, 6.07) is 5.38. The molecule has 0 aromatic carbocycles. The van der Waals surface area contributed by atoms with Gasteiger partial charge in [-0.3, -0.25) is 14.5 Å². The van der Waals surface area contributed by atoms with Crippen LogP contribution >= 0.6 is 11.3 Å². The van der Waals surface area contributed by atoms with Crippen LogP contribution in [0.4, 0.5) is 0 Å². The maximum Gasteiger partial charge on any atom is 0.276 e. The third kappa shape index (κ3) is 3.26. The molecule has 0 bridgehead atoms. The Hall–Kier alpha value is -1.99. The van der Waals surface area contributed by atoms with Gasteiger partial charge in [-0.25, -0.2) is 0 Å². The zero-order valence-corrected chi connectivity index (χ0v) is 13.1. The molecule has 7 heteroatoms. The summed E-state index contributed by atoms with van der Waals surface area (Å²) in [5.74, 6) is 0.659. The lowest BCUT2D eigenvalue weighted by molar-refractivity contribution is 0.0616. The standard InChI is InChI=1S/C15H17N3O3S/c1-11-9-12(16-21-11)15(20)18-6-4-17(5-7-18)10-13(19)14-3-2-8-22-14/h2-3,8-9H,4-7,10H2,1H3. The van der Waals surface area contributed by atoms with Crippen molar-refractivity contribution in [1.29, 1.82) is 0 Å². The first kappa shape index (κ1) is 14.9. The zero-order valence-electron chi connectivity index (χ0n) is 12.3. The van der Waals surface area contributed by atoms with E-state index in [1.54, 1.807) is 17.9 Å². The van der Waals surface area contributed by atoms with Gasteiger partial charge >= 0.3 is 0 Å². The zero-order chi connectivity index (χ0) is 15.5. The molecule has 3 rings (SSSR count). The van der Waals surface area contributed by atoms with Crippen molar-refractivity contribution >= 4 is 23.0 Å². The summed E-state index contributed by atoms with van der Waals surface area (Å²) in [5, 5.41) is 5.67. The van der Waals surface area contributed by atoms with Crippen LogP contribution in [0.3, 0.4) is 0 Å². The van der Waals surface area contributed by atoms with Gasteiger partial charge in [-0.2, -0.15) is 0 Å². The number of carbonyl (C=O) groups is 2. The van der Waals surface area contributed by atoms with Crippen LogP contribution in [0, 0.1) is 6.92 Å². The van der Waals surface area contributed by atoms with Crippen LogP contribution in [0.2, 0.25) is 0 Å². The first-order valence-electron chi connectivity index (χ1n) is 7.15. The number of aryl methyl sites for hydroxylation is 1. The number of amides is 1. The van der Waals surface area contributed by atoms with Gasteiger partial charge in [0.05, 0.1) is 11.4 Å². The van der Waals surface area contributed by atoms with Crippen LogP contribution in [0.5, 0.6) is 0 Å². The lowest BCUT2D eigenvalue weighted by atomic mass is 10.2. The summed E-state index contributed by atoms with van der Waals surface area (Å²) >= 11 is 1.47. The predicted molar refractivity (Wildman–Crippen MR) is 82.2 cm³/mol. The number of piperazine rings is 1. The molecule has 6 nitrogen and oxygen atoms in total. The average Bonchev–Trinajstić information content (AvgIpc) is 3.18. The lowest BCUT2D eigenvalue weighted by Gasteiger charge is -2.33. The Kier molecular flexibility index (Phi) is 4.35. The van der Waals surface area contributed by atoms with E-state index in [0.29, 0.717) is 44.2 Å². The Morgan fingerprint density at radius 1 is 1.32 bits per heavy atom. The van der Waals surface area contributed by atoms with E-state index in [2.05, 4.69) is 10.1 Å². The fraction of sp³-hybridized carbons (Fsp3) is 0.400. The molecular formula is C15H17N3O3S. The van der Waals surface area contributed by atoms with E-state index in [4.69, 9.17) is 4.52 Å². The van der Waals surface area contributed by atoms with Gasteiger partial charge in [-0.05, 0) is 18.4 Å². The number of Topliss-reactive ketones (excluding diaryl/α,β-unsaturated/α-hetero) is 1. The van der Waals surface area contributed by atoms with E-state index in [0.717, 1.165) is 4.88 Å². The predicted octanol–water partition coefficient (Wildman–Crippen LogP) is 1.69. The highest BCUT2D eigenvalue weighted by atomic mass is 32.1. The van der Waals surface area contributed by atoms with E-state index in [1.807, 2.05) is 17.5 Å². The molecule has 2 aromatic rings. The molecule has 1 fully saturated rings. The quantitative estimate of drug-likeness (QED) is 0.802. The highest BCUT2D eigenvalue weighted by Gasteiger charge is 2.25. The van der Waals surface area contributed by atoms with Crippen LogP contribution in [-0.2, 0) is 0 Å². The number of rotatable bonds is 4. The van der Waals surface area contributed by atoms with Crippen molar-refractivity contribution in [2.24, 2.45) is 0 Å². The van der Waals surface area contributed by atoms with Gasteiger partial charge in [0.25, 0.3) is 5.91 Å². The van der Waals surface area contributed by atoms with Crippen LogP contribution < -0.4 is 0 Å². The second-order valence-electron chi connectivity index (χ2n) is 5.29. The van der Waals surface area contributed by atoms with Crippen molar-refractivity contribution < 1.29 is 14.1 Å². The molecule has 0 spiro atoms. The van der Waals surface area contributed by atoms with Crippen molar-refractivity contribution in [2.75, 3.05) is 32.7 Å². The highest BCUT2D eigenvalue weighted by Crippen LogP contribution is 2.12. The Morgan fingerprint density at radius 2 is 2.09 bits per heavy atom. The van der Waals surface area contributed by atoms with Gasteiger partial charge in [0.1, 0.15) is 5.76 Å². The molecule has 1 amide bonds. The highest BCUT2D eigenvalue weighted by molar-refractivity contribution is 7.12. The van der Waals surface area contributed by atoms with Gasteiger partial charge in [0.15, 0.2) is 11.5 Å². The molecule has 116 valence electrons. The number of hydrogen-bond donors (Lipinski definition) is 0. The smallest absolute Gasteiger partial charge is 0.276 e. The number of aromatic nitrogens is 1. The summed E-state index contributed by atoms with van der Waals surface area (Å²) < 4.78 is 4.94. The second-order valence-corrected chi connectivity index (χ2v) is 6.24. The van der Waals surface area contributed by atoms with Crippen molar-refractivity contribution in [3.63, 3.8) is 0 Å². The average molecular weight is 319 g/mol. The minimum atomic E-state index is -0.110. The van der Waals surface area contributed by atoms with Crippen molar-refractivity contribution in [3.8, 4) is 0 Å². The topological polar surface area (TPSA) is 66.7 Å². The molecule has 22 heavy (non-hydrogen) atoms. The largest absolute Gasteiger partial charge is 0.361 e. The van der Waals surface area contributed by atoms with Crippen LogP contribution in [0.25, 0.3) is 0 Å². The normalized spacial score (nSPS) is 16.0. The van der Waals surface area contributed by atoms with E-state index in [-0.39, 0.29) is 11.7 Å². The van der Waals surface area contributed by atoms with Gasteiger partial charge < -0.3 is 9.42 Å². The van der Waals surface area contributed by atoms with E-state index in [9.17, 15) is 9.59 Å². The van der Waals surface area contributed by atoms with E-state index < -0.39 is 0 Å². The molecular weight excluding hydrogens is 302 g/mol. The number of ketones is 1. The molecule has 0 unspecified atom stereocenters. The molecule has 1 aliphatic rings. The Labute approximate surface area is 132 Å². The molecule has 0 aliphatic carbocycles. The molecule has 0 atom stereocenters. The van der Waals surface area contributed by atoms with Gasteiger partial charge in [-0.15, -0.1) is 11.3 Å². The number of hydrogen-bond acceptors (Lipinski definition) is 6. The minimum absolute atomic E-state index is 0.110. The molecule has 0 saturated carbocycles. The maximum atomic E-state index is 12.2. The van der Waals surface area contributed by atoms with E-state index in [1.165, 1.54) is 11.3 Å². The molecule has 1 saturated heterocycles. The van der Waals surface area contributed by atoms with Gasteiger partial charge in [-0.1, -0.05) is 11.2 Å². The van der Waals surface area contributed by atoms with Crippen molar-refractivity contribution in [1.82, 2.24) is 15.0 Å². The molecule has 0 radical (unpaired) electrons. The lowest BCUT2D eigenvalue weighted by Crippen LogP contribution is -2.49. The van der Waals surface area contributed by atoms with E-state index >= 15 is 0 Å². The Morgan fingerprint density at radius 3 is 2.68 bits per heavy atom.